The highest BCUT2D eigenvalue weighted by Gasteiger charge is 2.22. The molecule has 1 unspecified atom stereocenters. The summed E-state index contributed by atoms with van der Waals surface area (Å²) in [6.07, 6.45) is 1.84. The Kier molecular flexibility index (Phi) is 5.85. The summed E-state index contributed by atoms with van der Waals surface area (Å²) in [5.41, 5.74) is 1.82. The van der Waals surface area contributed by atoms with Crippen molar-refractivity contribution >= 4 is 5.96 Å². The summed E-state index contributed by atoms with van der Waals surface area (Å²) in [4.78, 5) is 8.84. The van der Waals surface area contributed by atoms with Crippen LogP contribution in [0.25, 0.3) is 11.3 Å². The van der Waals surface area contributed by atoms with Crippen molar-refractivity contribution < 1.29 is 9.26 Å². The zero-order valence-corrected chi connectivity index (χ0v) is 16.6. The molecule has 29 heavy (non-hydrogen) atoms. The summed E-state index contributed by atoms with van der Waals surface area (Å²) in [5.74, 6) is 3.21. The van der Waals surface area contributed by atoms with Crippen LogP contribution in [-0.4, -0.2) is 46.1 Å². The molecule has 0 aliphatic carbocycles. The van der Waals surface area contributed by atoms with Gasteiger partial charge in [-0.25, -0.2) is 9.67 Å². The topological polar surface area (TPSA) is 102 Å². The molecular formula is C20H25N7O2. The van der Waals surface area contributed by atoms with Crippen LogP contribution in [-0.2, 0) is 30.9 Å². The monoisotopic (exact) mass is 395 g/mol. The zero-order valence-electron chi connectivity index (χ0n) is 16.6. The molecule has 0 bridgehead atoms. The molecule has 0 saturated heterocycles. The Bertz CT molecular complexity index is 964. The predicted octanol–water partition coefficient (Wildman–Crippen LogP) is 1.76. The third kappa shape index (κ3) is 4.62. The molecule has 0 saturated carbocycles. The van der Waals surface area contributed by atoms with E-state index < -0.39 is 0 Å². The molecule has 4 rings (SSSR count). The van der Waals surface area contributed by atoms with Gasteiger partial charge in [0.05, 0.1) is 13.1 Å². The number of ether oxygens (including phenoxy) is 1. The van der Waals surface area contributed by atoms with Gasteiger partial charge < -0.3 is 19.9 Å². The molecule has 0 spiro atoms. The predicted molar refractivity (Wildman–Crippen MR) is 108 cm³/mol. The standard InChI is InChI=1S/C20H25N7O2/c1-21-20(22-11-16-10-17(29-26-16)14-6-4-3-5-7-14)23-15-8-9-19-24-18(13-28-2)25-27(19)12-15/h3-7,10,15H,8-9,11-13H2,1-2H3,(H2,21,22,23). The maximum Gasteiger partial charge on any atom is 0.191 e. The van der Waals surface area contributed by atoms with Gasteiger partial charge in [0, 0.05) is 38.2 Å². The van der Waals surface area contributed by atoms with Crippen molar-refractivity contribution in [1.82, 2.24) is 30.6 Å². The number of rotatable bonds is 6. The van der Waals surface area contributed by atoms with Crippen LogP contribution in [0.15, 0.2) is 45.9 Å². The second-order valence-electron chi connectivity index (χ2n) is 6.91. The highest BCUT2D eigenvalue weighted by Crippen LogP contribution is 2.19. The Labute approximate surface area is 169 Å². The lowest BCUT2D eigenvalue weighted by Gasteiger charge is -2.25. The fraction of sp³-hybridized carbons (Fsp3) is 0.400. The third-order valence-corrected chi connectivity index (χ3v) is 4.79. The molecule has 0 radical (unpaired) electrons. The molecule has 2 aromatic heterocycles. The molecule has 0 amide bonds. The van der Waals surface area contributed by atoms with Crippen LogP contribution >= 0.6 is 0 Å². The van der Waals surface area contributed by atoms with E-state index in [0.717, 1.165) is 54.0 Å². The molecule has 1 aromatic carbocycles. The summed E-state index contributed by atoms with van der Waals surface area (Å²) < 4.78 is 12.5. The van der Waals surface area contributed by atoms with Gasteiger partial charge in [-0.2, -0.15) is 5.10 Å². The van der Waals surface area contributed by atoms with E-state index in [9.17, 15) is 0 Å². The molecule has 1 aliphatic heterocycles. The van der Waals surface area contributed by atoms with Crippen molar-refractivity contribution in [3.8, 4) is 11.3 Å². The van der Waals surface area contributed by atoms with Crippen molar-refractivity contribution in [3.05, 3.63) is 53.7 Å². The number of nitrogens with one attached hydrogen (secondary N) is 2. The van der Waals surface area contributed by atoms with Gasteiger partial charge in [-0.1, -0.05) is 35.5 Å². The molecule has 9 nitrogen and oxygen atoms in total. The summed E-state index contributed by atoms with van der Waals surface area (Å²) in [7, 11) is 3.41. The lowest BCUT2D eigenvalue weighted by Crippen LogP contribution is -2.46. The number of aromatic nitrogens is 4. The number of nitrogens with zero attached hydrogens (tertiary/aromatic N) is 5. The molecular weight excluding hydrogens is 370 g/mol. The van der Waals surface area contributed by atoms with Crippen molar-refractivity contribution in [2.45, 2.75) is 38.6 Å². The van der Waals surface area contributed by atoms with E-state index in [-0.39, 0.29) is 6.04 Å². The first-order valence-corrected chi connectivity index (χ1v) is 9.65. The SMILES string of the molecule is CN=C(NCc1cc(-c2ccccc2)on1)NC1CCc2nc(COC)nn2C1. The van der Waals surface area contributed by atoms with Crippen LogP contribution in [0.2, 0.25) is 0 Å². The number of aryl methyl sites for hydroxylation is 1. The number of hydrogen-bond acceptors (Lipinski definition) is 6. The Morgan fingerprint density at radius 2 is 2.21 bits per heavy atom. The van der Waals surface area contributed by atoms with E-state index >= 15 is 0 Å². The lowest BCUT2D eigenvalue weighted by atomic mass is 10.1. The first-order valence-electron chi connectivity index (χ1n) is 9.65. The van der Waals surface area contributed by atoms with Crippen LogP contribution in [0.5, 0.6) is 0 Å². The Morgan fingerprint density at radius 3 is 3.00 bits per heavy atom. The van der Waals surface area contributed by atoms with Gasteiger partial charge in [0.15, 0.2) is 17.5 Å². The van der Waals surface area contributed by atoms with Gasteiger partial charge in [-0.15, -0.1) is 0 Å². The molecule has 0 fully saturated rings. The maximum absolute atomic E-state index is 5.45. The van der Waals surface area contributed by atoms with Gasteiger partial charge >= 0.3 is 0 Å². The quantitative estimate of drug-likeness (QED) is 0.484. The van der Waals surface area contributed by atoms with Crippen molar-refractivity contribution in [3.63, 3.8) is 0 Å². The molecule has 1 aliphatic rings. The van der Waals surface area contributed by atoms with Crippen molar-refractivity contribution in [2.24, 2.45) is 4.99 Å². The summed E-state index contributed by atoms with van der Waals surface area (Å²) in [6, 6.07) is 12.1. The van der Waals surface area contributed by atoms with Crippen LogP contribution < -0.4 is 10.6 Å². The summed E-state index contributed by atoms with van der Waals surface area (Å²) >= 11 is 0. The van der Waals surface area contributed by atoms with Crippen molar-refractivity contribution in [1.29, 1.82) is 0 Å². The summed E-state index contributed by atoms with van der Waals surface area (Å²) in [6.45, 7) is 1.70. The van der Waals surface area contributed by atoms with Crippen LogP contribution in [0.4, 0.5) is 0 Å². The Balaban J connectivity index is 1.32. The lowest BCUT2D eigenvalue weighted by molar-refractivity contribution is 0.177. The minimum atomic E-state index is 0.225. The van der Waals surface area contributed by atoms with E-state index in [0.29, 0.717) is 13.2 Å². The van der Waals surface area contributed by atoms with Crippen LogP contribution in [0, 0.1) is 0 Å². The van der Waals surface area contributed by atoms with Gasteiger partial charge in [-0.05, 0) is 6.42 Å². The van der Waals surface area contributed by atoms with E-state index in [1.54, 1.807) is 14.2 Å². The molecule has 152 valence electrons. The average molecular weight is 395 g/mol. The second kappa shape index (κ2) is 8.87. The van der Waals surface area contributed by atoms with Gasteiger partial charge in [-0.3, -0.25) is 4.99 Å². The van der Waals surface area contributed by atoms with Crippen LogP contribution in [0.1, 0.15) is 23.8 Å². The number of guanidine groups is 1. The fourth-order valence-corrected chi connectivity index (χ4v) is 3.36. The van der Waals surface area contributed by atoms with E-state index in [1.807, 2.05) is 41.1 Å². The Morgan fingerprint density at radius 1 is 1.34 bits per heavy atom. The average Bonchev–Trinajstić information content (AvgIpc) is 3.38. The van der Waals surface area contributed by atoms with Gasteiger partial charge in [0.2, 0.25) is 0 Å². The highest BCUT2D eigenvalue weighted by molar-refractivity contribution is 5.79. The van der Waals surface area contributed by atoms with E-state index in [4.69, 9.17) is 9.26 Å². The first-order chi connectivity index (χ1) is 14.2. The normalized spacial score (nSPS) is 16.5. The molecule has 3 aromatic rings. The van der Waals surface area contributed by atoms with E-state index in [2.05, 4.69) is 30.9 Å². The second-order valence-corrected chi connectivity index (χ2v) is 6.91. The first kappa shape index (κ1) is 19.1. The molecule has 9 heteroatoms. The minimum Gasteiger partial charge on any atom is -0.377 e. The fourth-order valence-electron chi connectivity index (χ4n) is 3.36. The molecule has 3 heterocycles. The number of fused-ring (bicyclic) bond motifs is 1. The van der Waals surface area contributed by atoms with Crippen molar-refractivity contribution in [2.75, 3.05) is 14.2 Å². The minimum absolute atomic E-state index is 0.225. The van der Waals surface area contributed by atoms with Gasteiger partial charge in [0.25, 0.3) is 0 Å². The van der Waals surface area contributed by atoms with E-state index in [1.165, 1.54) is 0 Å². The van der Waals surface area contributed by atoms with Gasteiger partial charge in [0.1, 0.15) is 18.1 Å². The smallest absolute Gasteiger partial charge is 0.191 e. The number of aliphatic imine (C=N–C) groups is 1. The highest BCUT2D eigenvalue weighted by atomic mass is 16.5. The van der Waals surface area contributed by atoms with Crippen LogP contribution in [0.3, 0.4) is 0 Å². The molecule has 1 atom stereocenters. The third-order valence-electron chi connectivity index (χ3n) is 4.79. The summed E-state index contributed by atoms with van der Waals surface area (Å²) in [5, 5.41) is 15.4. The number of hydrogen-bond donors (Lipinski definition) is 2. The Hall–Kier alpha value is -3.20. The largest absolute Gasteiger partial charge is 0.377 e. The number of methoxy groups -OCH3 is 1. The maximum atomic E-state index is 5.45. The zero-order chi connectivity index (χ0) is 20.1. The molecule has 2 N–H and O–H groups in total. The number of benzene rings is 1.